The molecule has 3 N–H and O–H groups in total. The summed E-state index contributed by atoms with van der Waals surface area (Å²) in [4.78, 5) is 19.9. The third-order valence-electron chi connectivity index (χ3n) is 4.24. The van der Waals surface area contributed by atoms with Crippen LogP contribution in [0, 0.1) is 0 Å². The average molecular weight is 416 g/mol. The van der Waals surface area contributed by atoms with Crippen molar-refractivity contribution in [3.63, 3.8) is 0 Å². The van der Waals surface area contributed by atoms with Crippen molar-refractivity contribution in [3.8, 4) is 0 Å². The topological polar surface area (TPSA) is 85.8 Å². The predicted molar refractivity (Wildman–Crippen MR) is 106 cm³/mol. The minimum absolute atomic E-state index is 0.130. The van der Waals surface area contributed by atoms with Crippen LogP contribution >= 0.6 is 0 Å². The van der Waals surface area contributed by atoms with E-state index in [4.69, 9.17) is 5.73 Å². The minimum atomic E-state index is -0.462. The summed E-state index contributed by atoms with van der Waals surface area (Å²) in [5.41, 5.74) is 8.86. The first kappa shape index (κ1) is 18.4. The standard InChI is InChI=1S/C19H23N5OSe/c1-19(2,3)13-7-5-12(6-8-13)9-24-10-14(26-18(20)25)15-16(21-4)22-11-23-17(15)24/h5-8,10-11H,9H2,1-4H3,(H2,20,25)(H,21,22,23). The maximum atomic E-state index is 11.5. The molecule has 2 aromatic heterocycles. The van der Waals surface area contributed by atoms with Gasteiger partial charge in [-0.3, -0.25) is 0 Å². The number of nitrogens with one attached hydrogen (secondary N) is 1. The van der Waals surface area contributed by atoms with Gasteiger partial charge >= 0.3 is 159 Å². The molecule has 6 nitrogen and oxygen atoms in total. The summed E-state index contributed by atoms with van der Waals surface area (Å²) in [7, 11) is 1.81. The van der Waals surface area contributed by atoms with E-state index < -0.39 is 15.0 Å². The van der Waals surface area contributed by atoms with Crippen LogP contribution in [0.2, 0.25) is 0 Å². The number of nitrogens with two attached hydrogens (primary N) is 1. The zero-order valence-electron chi connectivity index (χ0n) is 15.4. The molecule has 0 unspecified atom stereocenters. The van der Waals surface area contributed by atoms with E-state index >= 15 is 0 Å². The number of carbonyl (C=O) groups is 1. The van der Waals surface area contributed by atoms with Gasteiger partial charge in [-0.15, -0.1) is 0 Å². The number of anilines is 1. The molecule has 0 aliphatic heterocycles. The number of rotatable bonds is 5. The van der Waals surface area contributed by atoms with Gasteiger partial charge in [0, 0.05) is 0 Å². The van der Waals surface area contributed by atoms with Crippen LogP contribution in [0.3, 0.4) is 0 Å². The predicted octanol–water partition coefficient (Wildman–Crippen LogP) is 2.23. The van der Waals surface area contributed by atoms with Crippen molar-refractivity contribution >= 4 is 41.1 Å². The molecule has 0 bridgehead atoms. The van der Waals surface area contributed by atoms with E-state index in [1.165, 1.54) is 17.5 Å². The van der Waals surface area contributed by atoms with Gasteiger partial charge in [-0.05, 0) is 0 Å². The van der Waals surface area contributed by atoms with Crippen molar-refractivity contribution in [2.45, 2.75) is 32.7 Å². The van der Waals surface area contributed by atoms with Crippen LogP contribution in [-0.4, -0.2) is 41.3 Å². The summed E-state index contributed by atoms with van der Waals surface area (Å²) in [5, 5.41) is 3.95. The molecule has 3 aromatic rings. The zero-order valence-corrected chi connectivity index (χ0v) is 17.1. The van der Waals surface area contributed by atoms with Gasteiger partial charge in [0.05, 0.1) is 0 Å². The summed E-state index contributed by atoms with van der Waals surface area (Å²) in [6, 6.07) is 8.63. The van der Waals surface area contributed by atoms with Gasteiger partial charge in [0.15, 0.2) is 0 Å². The first-order valence-electron chi connectivity index (χ1n) is 8.38. The van der Waals surface area contributed by atoms with Gasteiger partial charge in [0.25, 0.3) is 0 Å². The molecule has 136 valence electrons. The molecule has 3 rings (SSSR count). The number of nitrogens with zero attached hydrogens (tertiary/aromatic N) is 3. The van der Waals surface area contributed by atoms with E-state index in [1.54, 1.807) is 0 Å². The molecule has 0 aliphatic carbocycles. The summed E-state index contributed by atoms with van der Waals surface area (Å²) in [6.07, 6.45) is 3.51. The Morgan fingerprint density at radius 1 is 1.23 bits per heavy atom. The van der Waals surface area contributed by atoms with Gasteiger partial charge in [0.1, 0.15) is 0 Å². The molecule has 0 spiro atoms. The van der Waals surface area contributed by atoms with Crippen LogP contribution in [0.5, 0.6) is 0 Å². The fourth-order valence-electron chi connectivity index (χ4n) is 2.89. The summed E-state index contributed by atoms with van der Waals surface area (Å²) in [6.45, 7) is 7.29. The number of fused-ring (bicyclic) bond motifs is 1. The van der Waals surface area contributed by atoms with Gasteiger partial charge in [-0.2, -0.15) is 0 Å². The zero-order chi connectivity index (χ0) is 18.9. The number of hydrogen-bond donors (Lipinski definition) is 2. The van der Waals surface area contributed by atoms with Crippen molar-refractivity contribution in [3.05, 3.63) is 47.9 Å². The van der Waals surface area contributed by atoms with Gasteiger partial charge < -0.3 is 0 Å². The normalized spacial score (nSPS) is 11.7. The second-order valence-electron chi connectivity index (χ2n) is 7.16. The maximum absolute atomic E-state index is 11.5. The van der Waals surface area contributed by atoms with Crippen LogP contribution in [0.15, 0.2) is 36.8 Å². The van der Waals surface area contributed by atoms with Crippen LogP contribution < -0.4 is 15.5 Å². The third kappa shape index (κ3) is 3.74. The van der Waals surface area contributed by atoms with Crippen LogP contribution in [0.25, 0.3) is 11.0 Å². The van der Waals surface area contributed by atoms with Crippen LogP contribution in [0.1, 0.15) is 31.9 Å². The third-order valence-corrected chi connectivity index (χ3v) is 5.77. The van der Waals surface area contributed by atoms with Crippen molar-refractivity contribution < 1.29 is 4.79 Å². The molecule has 26 heavy (non-hydrogen) atoms. The number of carbonyl (C=O) groups excluding carboxylic acids is 1. The van der Waals surface area contributed by atoms with Gasteiger partial charge in [-0.1, -0.05) is 0 Å². The Morgan fingerprint density at radius 3 is 2.50 bits per heavy atom. The number of amides is 1. The van der Waals surface area contributed by atoms with Crippen molar-refractivity contribution in [2.24, 2.45) is 5.73 Å². The summed E-state index contributed by atoms with van der Waals surface area (Å²) < 4.78 is 2.96. The molecule has 1 aromatic carbocycles. The van der Waals surface area contributed by atoms with Gasteiger partial charge in [0.2, 0.25) is 0 Å². The van der Waals surface area contributed by atoms with Crippen LogP contribution in [0.4, 0.5) is 10.6 Å². The Balaban J connectivity index is 2.01. The Labute approximate surface area is 159 Å². The molecule has 0 saturated carbocycles. The summed E-state index contributed by atoms with van der Waals surface area (Å²) in [5.74, 6) is 0.718. The molecule has 0 radical (unpaired) electrons. The Bertz CT molecular complexity index is 941. The first-order valence-corrected chi connectivity index (χ1v) is 10.1. The molecule has 0 atom stereocenters. The Hall–Kier alpha value is -2.37. The average Bonchev–Trinajstić information content (AvgIpc) is 2.91. The first-order chi connectivity index (χ1) is 12.3. The molecule has 0 fully saturated rings. The van der Waals surface area contributed by atoms with E-state index in [9.17, 15) is 4.79 Å². The molecule has 1 amide bonds. The van der Waals surface area contributed by atoms with Crippen LogP contribution in [-0.2, 0) is 12.0 Å². The van der Waals surface area contributed by atoms with Crippen molar-refractivity contribution in [1.82, 2.24) is 14.5 Å². The molecule has 7 heteroatoms. The fourth-order valence-corrected chi connectivity index (χ4v) is 4.33. The molecule has 2 heterocycles. The number of aromatic nitrogens is 3. The van der Waals surface area contributed by atoms with Crippen molar-refractivity contribution in [2.75, 3.05) is 12.4 Å². The van der Waals surface area contributed by atoms with Crippen molar-refractivity contribution in [1.29, 1.82) is 0 Å². The SMILES string of the molecule is CNc1ncnc2c1c([Se]C(N)=O)cn2Cc1ccc(C(C)(C)C)cc1. The molecular weight excluding hydrogens is 393 g/mol. The second-order valence-corrected chi connectivity index (χ2v) is 9.36. The molecule has 0 aliphatic rings. The fraction of sp³-hybridized carbons (Fsp3) is 0.316. The number of benzene rings is 1. The van der Waals surface area contributed by atoms with E-state index in [-0.39, 0.29) is 10.2 Å². The molecule has 0 saturated heterocycles. The second kappa shape index (κ2) is 7.09. The van der Waals surface area contributed by atoms with Gasteiger partial charge in [-0.25, -0.2) is 0 Å². The van der Waals surface area contributed by atoms with E-state index in [2.05, 4.69) is 64.9 Å². The quantitative estimate of drug-likeness (QED) is 0.625. The number of hydrogen-bond acceptors (Lipinski definition) is 4. The monoisotopic (exact) mass is 417 g/mol. The van der Waals surface area contributed by atoms with E-state index in [1.807, 2.05) is 13.2 Å². The van der Waals surface area contributed by atoms with E-state index in [0.717, 1.165) is 21.3 Å². The summed E-state index contributed by atoms with van der Waals surface area (Å²) >= 11 is -0.462. The Kier molecular flexibility index (Phi) is 5.03. The molecular formula is C19H23N5OSe. The Morgan fingerprint density at radius 2 is 1.92 bits per heavy atom. The van der Waals surface area contributed by atoms with E-state index in [0.29, 0.717) is 6.54 Å². The number of primary amides is 1.